The maximum atomic E-state index is 12.2. The van der Waals surface area contributed by atoms with E-state index in [1.807, 2.05) is 26.0 Å². The molecule has 24 heavy (non-hydrogen) atoms. The minimum Gasteiger partial charge on any atom is -0.497 e. The van der Waals surface area contributed by atoms with Crippen molar-refractivity contribution in [3.63, 3.8) is 0 Å². The fraction of sp³-hybridized carbons (Fsp3) is 0.526. The first-order valence-corrected chi connectivity index (χ1v) is 8.30. The zero-order valence-corrected chi connectivity index (χ0v) is 14.9. The molecule has 2 rings (SSSR count). The summed E-state index contributed by atoms with van der Waals surface area (Å²) in [6, 6.07) is 5.45. The van der Waals surface area contributed by atoms with Crippen molar-refractivity contribution in [2.24, 2.45) is 5.92 Å². The molecule has 0 saturated carbocycles. The van der Waals surface area contributed by atoms with Gasteiger partial charge in [0.1, 0.15) is 17.1 Å². The highest BCUT2D eigenvalue weighted by Gasteiger charge is 2.33. The van der Waals surface area contributed by atoms with Gasteiger partial charge in [0.2, 0.25) is 0 Å². The van der Waals surface area contributed by atoms with E-state index in [9.17, 15) is 4.79 Å². The van der Waals surface area contributed by atoms with Crippen molar-refractivity contribution in [2.45, 2.75) is 32.3 Å². The zero-order valence-electron chi connectivity index (χ0n) is 14.9. The Hall–Kier alpha value is -2.01. The van der Waals surface area contributed by atoms with Crippen molar-refractivity contribution in [1.29, 1.82) is 0 Å². The van der Waals surface area contributed by atoms with Gasteiger partial charge in [-0.15, -0.1) is 0 Å². The minimum absolute atomic E-state index is 0.337. The highest BCUT2D eigenvalue weighted by atomic mass is 16.6. The SMILES string of the molecule is COc1ccc(/C=C/C(=O)OC(C)(C)C2CCNCC2)c(OC)c1. The fourth-order valence-corrected chi connectivity index (χ4v) is 3.01. The van der Waals surface area contributed by atoms with Crippen LogP contribution in [0.15, 0.2) is 24.3 Å². The number of ether oxygens (including phenoxy) is 3. The number of piperidine rings is 1. The maximum absolute atomic E-state index is 12.2. The van der Waals surface area contributed by atoms with E-state index in [-0.39, 0.29) is 5.97 Å². The summed E-state index contributed by atoms with van der Waals surface area (Å²) in [5.74, 6) is 1.40. The number of nitrogens with one attached hydrogen (secondary N) is 1. The molecule has 0 aromatic heterocycles. The Balaban J connectivity index is 2.02. The van der Waals surface area contributed by atoms with Crippen LogP contribution in [0, 0.1) is 5.92 Å². The largest absolute Gasteiger partial charge is 0.497 e. The third-order valence-electron chi connectivity index (χ3n) is 4.53. The molecule has 1 aliphatic heterocycles. The highest BCUT2D eigenvalue weighted by molar-refractivity contribution is 5.88. The van der Waals surface area contributed by atoms with Gasteiger partial charge in [-0.2, -0.15) is 0 Å². The average Bonchev–Trinajstić information content (AvgIpc) is 2.60. The minimum atomic E-state index is -0.465. The molecule has 1 fully saturated rings. The lowest BCUT2D eigenvalue weighted by atomic mass is 9.83. The van der Waals surface area contributed by atoms with Crippen molar-refractivity contribution >= 4 is 12.0 Å². The molecule has 0 aliphatic carbocycles. The molecule has 0 atom stereocenters. The number of rotatable bonds is 6. The van der Waals surface area contributed by atoms with Crippen LogP contribution >= 0.6 is 0 Å². The van der Waals surface area contributed by atoms with Crippen LogP contribution in [0.2, 0.25) is 0 Å². The van der Waals surface area contributed by atoms with Gasteiger partial charge in [0.15, 0.2) is 0 Å². The number of carbonyl (C=O) groups is 1. The van der Waals surface area contributed by atoms with Crippen molar-refractivity contribution in [1.82, 2.24) is 5.32 Å². The van der Waals surface area contributed by atoms with E-state index < -0.39 is 5.60 Å². The van der Waals surface area contributed by atoms with E-state index in [2.05, 4.69) is 5.32 Å². The van der Waals surface area contributed by atoms with E-state index in [1.165, 1.54) is 6.08 Å². The summed E-state index contributed by atoms with van der Waals surface area (Å²) in [7, 11) is 3.19. The van der Waals surface area contributed by atoms with Crippen LogP contribution in [0.3, 0.4) is 0 Å². The van der Waals surface area contributed by atoms with Crippen molar-refractivity contribution < 1.29 is 19.0 Å². The third-order valence-corrected chi connectivity index (χ3v) is 4.53. The van der Waals surface area contributed by atoms with Gasteiger partial charge in [-0.3, -0.25) is 0 Å². The van der Waals surface area contributed by atoms with E-state index >= 15 is 0 Å². The number of hydrogen-bond donors (Lipinski definition) is 1. The van der Waals surface area contributed by atoms with Gasteiger partial charge in [-0.05, 0) is 58.0 Å². The summed E-state index contributed by atoms with van der Waals surface area (Å²) in [4.78, 5) is 12.2. The Labute approximate surface area is 144 Å². The predicted molar refractivity (Wildman–Crippen MR) is 94.3 cm³/mol. The summed E-state index contributed by atoms with van der Waals surface area (Å²) in [5.41, 5.74) is 0.336. The molecule has 1 aromatic carbocycles. The van der Waals surface area contributed by atoms with Gasteiger partial charge in [-0.1, -0.05) is 0 Å². The Morgan fingerprint density at radius 3 is 2.54 bits per heavy atom. The first-order chi connectivity index (χ1) is 11.5. The fourth-order valence-electron chi connectivity index (χ4n) is 3.01. The molecular formula is C19H27NO4. The lowest BCUT2D eigenvalue weighted by Crippen LogP contribution is -2.42. The molecule has 1 saturated heterocycles. The molecule has 0 unspecified atom stereocenters. The van der Waals surface area contributed by atoms with Gasteiger partial charge in [0.25, 0.3) is 0 Å². The molecule has 0 radical (unpaired) electrons. The zero-order chi connectivity index (χ0) is 17.6. The smallest absolute Gasteiger partial charge is 0.331 e. The second-order valence-electron chi connectivity index (χ2n) is 6.49. The molecule has 1 aliphatic rings. The second kappa shape index (κ2) is 8.20. The summed E-state index contributed by atoms with van der Waals surface area (Å²) in [5, 5.41) is 3.33. The van der Waals surface area contributed by atoms with Crippen LogP contribution < -0.4 is 14.8 Å². The first-order valence-electron chi connectivity index (χ1n) is 8.30. The van der Waals surface area contributed by atoms with Crippen molar-refractivity contribution in [3.8, 4) is 11.5 Å². The van der Waals surface area contributed by atoms with E-state index in [0.717, 1.165) is 31.5 Å². The van der Waals surface area contributed by atoms with Crippen LogP contribution in [0.25, 0.3) is 6.08 Å². The van der Waals surface area contributed by atoms with Crippen molar-refractivity contribution in [2.75, 3.05) is 27.3 Å². The monoisotopic (exact) mass is 333 g/mol. The van der Waals surface area contributed by atoms with E-state index in [0.29, 0.717) is 17.4 Å². The summed E-state index contributed by atoms with van der Waals surface area (Å²) < 4.78 is 16.2. The predicted octanol–water partition coefficient (Wildman–Crippen LogP) is 3.04. The summed E-state index contributed by atoms with van der Waals surface area (Å²) in [6.07, 6.45) is 5.21. The average molecular weight is 333 g/mol. The molecular weight excluding hydrogens is 306 g/mol. The normalized spacial score (nSPS) is 16.2. The molecule has 0 amide bonds. The van der Waals surface area contributed by atoms with Crippen LogP contribution in [0.4, 0.5) is 0 Å². The molecule has 0 bridgehead atoms. The molecule has 5 heteroatoms. The first kappa shape index (κ1) is 18.3. The second-order valence-corrected chi connectivity index (χ2v) is 6.49. The van der Waals surface area contributed by atoms with Gasteiger partial charge in [0, 0.05) is 23.6 Å². The molecule has 0 spiro atoms. The molecule has 1 aromatic rings. The molecule has 1 N–H and O–H groups in total. The van der Waals surface area contributed by atoms with Gasteiger partial charge in [0.05, 0.1) is 14.2 Å². The van der Waals surface area contributed by atoms with Crippen molar-refractivity contribution in [3.05, 3.63) is 29.8 Å². The van der Waals surface area contributed by atoms with Crippen LogP contribution in [0.5, 0.6) is 11.5 Å². The van der Waals surface area contributed by atoms with Gasteiger partial charge >= 0.3 is 5.97 Å². The summed E-state index contributed by atoms with van der Waals surface area (Å²) >= 11 is 0. The lowest BCUT2D eigenvalue weighted by Gasteiger charge is -2.36. The Morgan fingerprint density at radius 1 is 1.21 bits per heavy atom. The molecule has 132 valence electrons. The maximum Gasteiger partial charge on any atom is 0.331 e. The molecule has 1 heterocycles. The third kappa shape index (κ3) is 4.74. The number of methoxy groups -OCH3 is 2. The number of benzene rings is 1. The number of hydrogen-bond acceptors (Lipinski definition) is 5. The van der Waals surface area contributed by atoms with Crippen LogP contribution in [0.1, 0.15) is 32.3 Å². The standard InChI is InChI=1S/C19H27NO4/c1-19(2,15-9-11-20-12-10-15)24-18(21)8-6-14-5-7-16(22-3)13-17(14)23-4/h5-8,13,15,20H,9-12H2,1-4H3/b8-6+. The van der Waals surface area contributed by atoms with E-state index in [4.69, 9.17) is 14.2 Å². The van der Waals surface area contributed by atoms with Gasteiger partial charge in [-0.25, -0.2) is 4.79 Å². The Kier molecular flexibility index (Phi) is 6.26. The molecule has 5 nitrogen and oxygen atoms in total. The van der Waals surface area contributed by atoms with Gasteiger partial charge < -0.3 is 19.5 Å². The van der Waals surface area contributed by atoms with Crippen LogP contribution in [-0.2, 0) is 9.53 Å². The topological polar surface area (TPSA) is 56.8 Å². The number of carbonyl (C=O) groups excluding carboxylic acids is 1. The Morgan fingerprint density at radius 2 is 1.92 bits per heavy atom. The lowest BCUT2D eigenvalue weighted by molar-refractivity contribution is -0.156. The Bertz CT molecular complexity index is 589. The quantitative estimate of drug-likeness (QED) is 0.640. The van der Waals surface area contributed by atoms with E-state index in [1.54, 1.807) is 26.4 Å². The highest BCUT2D eigenvalue weighted by Crippen LogP contribution is 2.29. The van der Waals surface area contributed by atoms with Crippen LogP contribution in [-0.4, -0.2) is 38.9 Å². The summed E-state index contributed by atoms with van der Waals surface area (Å²) in [6.45, 7) is 5.93. The number of esters is 1.